The molecule has 0 aliphatic heterocycles. The lowest BCUT2D eigenvalue weighted by atomic mass is 10.2. The quantitative estimate of drug-likeness (QED) is 0.312. The van der Waals surface area contributed by atoms with Gasteiger partial charge >= 0.3 is 5.97 Å². The van der Waals surface area contributed by atoms with Crippen molar-refractivity contribution in [2.75, 3.05) is 27.2 Å². The predicted octanol–water partition coefficient (Wildman–Crippen LogP) is 2.10. The molecule has 0 radical (unpaired) electrons. The predicted molar refractivity (Wildman–Crippen MR) is 91.7 cm³/mol. The minimum Gasteiger partial charge on any atom is -0.486 e. The van der Waals surface area contributed by atoms with Crippen LogP contribution in [-0.2, 0) is 9.53 Å². The van der Waals surface area contributed by atoms with Crippen molar-refractivity contribution in [3.63, 3.8) is 0 Å². The maximum atomic E-state index is 13.5. The number of guanidine groups is 1. The van der Waals surface area contributed by atoms with Gasteiger partial charge in [-0.25, -0.2) is 4.39 Å². The molecule has 1 aromatic rings. The number of carbonyl (C=O) groups excluding carboxylic acids is 1. The number of methoxy groups -OCH3 is 1. The number of ether oxygens (including phenoxy) is 2. The lowest BCUT2D eigenvalue weighted by Crippen LogP contribution is -2.42. The standard InChI is InChI=1S/C17H26FN3O3/c1-13(24-15-9-5-4-8-14(15)18)12-21-17(19-2)20-11-7-6-10-16(22)23-3/h4-5,8-9,13H,6-7,10-12H2,1-3H3,(H2,19,20,21). The van der Waals surface area contributed by atoms with E-state index in [2.05, 4.69) is 20.4 Å². The molecule has 0 amide bonds. The highest BCUT2D eigenvalue weighted by molar-refractivity contribution is 5.79. The Morgan fingerprint density at radius 2 is 2.04 bits per heavy atom. The van der Waals surface area contributed by atoms with E-state index in [4.69, 9.17) is 4.74 Å². The molecule has 24 heavy (non-hydrogen) atoms. The van der Waals surface area contributed by atoms with Crippen molar-refractivity contribution in [2.24, 2.45) is 4.99 Å². The van der Waals surface area contributed by atoms with Gasteiger partial charge in [-0.2, -0.15) is 0 Å². The summed E-state index contributed by atoms with van der Waals surface area (Å²) in [6.07, 6.45) is 1.78. The maximum Gasteiger partial charge on any atom is 0.305 e. The normalized spacial score (nSPS) is 12.4. The highest BCUT2D eigenvalue weighted by Gasteiger charge is 2.08. The van der Waals surface area contributed by atoms with Gasteiger partial charge in [0.2, 0.25) is 0 Å². The molecule has 1 atom stereocenters. The van der Waals surface area contributed by atoms with Crippen molar-refractivity contribution in [2.45, 2.75) is 32.3 Å². The fraction of sp³-hybridized carbons (Fsp3) is 0.529. The smallest absolute Gasteiger partial charge is 0.305 e. The average Bonchev–Trinajstić information content (AvgIpc) is 2.59. The van der Waals surface area contributed by atoms with Gasteiger partial charge in [0.15, 0.2) is 17.5 Å². The van der Waals surface area contributed by atoms with Crippen LogP contribution in [0, 0.1) is 5.82 Å². The Labute approximate surface area is 142 Å². The van der Waals surface area contributed by atoms with E-state index in [1.807, 2.05) is 6.92 Å². The number of benzene rings is 1. The Hall–Kier alpha value is -2.31. The van der Waals surface area contributed by atoms with Crippen LogP contribution in [0.5, 0.6) is 5.75 Å². The van der Waals surface area contributed by atoms with E-state index >= 15 is 0 Å². The summed E-state index contributed by atoms with van der Waals surface area (Å²) in [6, 6.07) is 6.31. The largest absolute Gasteiger partial charge is 0.486 e. The van der Waals surface area contributed by atoms with Gasteiger partial charge in [0, 0.05) is 20.0 Å². The van der Waals surface area contributed by atoms with Crippen molar-refractivity contribution in [1.29, 1.82) is 0 Å². The lowest BCUT2D eigenvalue weighted by molar-refractivity contribution is -0.140. The molecule has 7 heteroatoms. The second kappa shape index (κ2) is 11.3. The summed E-state index contributed by atoms with van der Waals surface area (Å²) in [7, 11) is 3.06. The highest BCUT2D eigenvalue weighted by atomic mass is 19.1. The molecule has 1 rings (SSSR count). The van der Waals surface area contributed by atoms with Crippen LogP contribution < -0.4 is 15.4 Å². The summed E-state index contributed by atoms with van der Waals surface area (Å²) >= 11 is 0. The van der Waals surface area contributed by atoms with E-state index in [0.29, 0.717) is 25.5 Å². The fourth-order valence-electron chi connectivity index (χ4n) is 1.96. The molecule has 0 saturated heterocycles. The maximum absolute atomic E-state index is 13.5. The minimum atomic E-state index is -0.377. The van der Waals surface area contributed by atoms with Crippen molar-refractivity contribution >= 4 is 11.9 Å². The minimum absolute atomic E-state index is 0.198. The first kappa shape index (κ1) is 19.7. The van der Waals surface area contributed by atoms with Gasteiger partial charge < -0.3 is 20.1 Å². The molecule has 6 nitrogen and oxygen atoms in total. The average molecular weight is 339 g/mol. The zero-order valence-corrected chi connectivity index (χ0v) is 14.5. The third-order valence-electron chi connectivity index (χ3n) is 3.27. The Morgan fingerprint density at radius 3 is 2.71 bits per heavy atom. The van der Waals surface area contributed by atoms with Crippen LogP contribution in [0.3, 0.4) is 0 Å². The van der Waals surface area contributed by atoms with E-state index in [9.17, 15) is 9.18 Å². The molecule has 2 N–H and O–H groups in total. The van der Waals surface area contributed by atoms with Crippen LogP contribution in [0.4, 0.5) is 4.39 Å². The van der Waals surface area contributed by atoms with E-state index in [1.54, 1.807) is 25.2 Å². The Bertz CT molecular complexity index is 538. The van der Waals surface area contributed by atoms with Crippen LogP contribution in [0.15, 0.2) is 29.3 Å². The number of hydrogen-bond donors (Lipinski definition) is 2. The number of esters is 1. The van der Waals surface area contributed by atoms with Crippen molar-refractivity contribution < 1.29 is 18.7 Å². The summed E-state index contributed by atoms with van der Waals surface area (Å²) in [4.78, 5) is 15.1. The second-order valence-electron chi connectivity index (χ2n) is 5.27. The lowest BCUT2D eigenvalue weighted by Gasteiger charge is -2.18. The van der Waals surface area contributed by atoms with Gasteiger partial charge in [-0.3, -0.25) is 9.79 Å². The SMILES string of the molecule is CN=C(NCCCCC(=O)OC)NCC(C)Oc1ccccc1F. The van der Waals surface area contributed by atoms with Gasteiger partial charge in [0.05, 0.1) is 13.7 Å². The number of aliphatic imine (C=N–C) groups is 1. The summed E-state index contributed by atoms with van der Waals surface area (Å²) in [5.41, 5.74) is 0. The van der Waals surface area contributed by atoms with Gasteiger partial charge in [-0.1, -0.05) is 12.1 Å². The molecule has 0 saturated carbocycles. The van der Waals surface area contributed by atoms with Crippen molar-refractivity contribution in [3.05, 3.63) is 30.1 Å². The molecule has 1 unspecified atom stereocenters. The molecular formula is C17H26FN3O3. The van der Waals surface area contributed by atoms with Crippen molar-refractivity contribution in [1.82, 2.24) is 10.6 Å². The van der Waals surface area contributed by atoms with Crippen LogP contribution >= 0.6 is 0 Å². The molecule has 0 aromatic heterocycles. The van der Waals surface area contributed by atoms with E-state index in [0.717, 1.165) is 12.8 Å². The second-order valence-corrected chi connectivity index (χ2v) is 5.27. The number of halogens is 1. The third kappa shape index (κ3) is 7.80. The third-order valence-corrected chi connectivity index (χ3v) is 3.27. The molecule has 1 aromatic carbocycles. The molecular weight excluding hydrogens is 313 g/mol. The van der Waals surface area contributed by atoms with Crippen LogP contribution in [0.2, 0.25) is 0 Å². The summed E-state index contributed by atoms with van der Waals surface area (Å²) in [5.74, 6) is 0.295. The summed E-state index contributed by atoms with van der Waals surface area (Å²) < 4.78 is 23.7. The highest BCUT2D eigenvalue weighted by Crippen LogP contribution is 2.16. The van der Waals surface area contributed by atoms with E-state index in [1.165, 1.54) is 13.2 Å². The number of nitrogens with one attached hydrogen (secondary N) is 2. The topological polar surface area (TPSA) is 72.0 Å². The molecule has 0 spiro atoms. The van der Waals surface area contributed by atoms with Crippen molar-refractivity contribution in [3.8, 4) is 5.75 Å². The Kier molecular flexibility index (Phi) is 9.26. The van der Waals surface area contributed by atoms with Crippen LogP contribution in [0.25, 0.3) is 0 Å². The Morgan fingerprint density at radius 1 is 1.29 bits per heavy atom. The first-order valence-corrected chi connectivity index (χ1v) is 7.99. The number of hydrogen-bond acceptors (Lipinski definition) is 4. The first-order valence-electron chi connectivity index (χ1n) is 7.99. The molecule has 0 aliphatic carbocycles. The molecule has 0 aliphatic rings. The number of rotatable bonds is 9. The first-order chi connectivity index (χ1) is 11.6. The zero-order chi connectivity index (χ0) is 17.8. The van der Waals surface area contributed by atoms with Gasteiger partial charge in [-0.05, 0) is 31.9 Å². The van der Waals surface area contributed by atoms with Gasteiger partial charge in [-0.15, -0.1) is 0 Å². The van der Waals surface area contributed by atoms with Crippen LogP contribution in [0.1, 0.15) is 26.2 Å². The van der Waals surface area contributed by atoms with E-state index < -0.39 is 0 Å². The number of unbranched alkanes of at least 4 members (excludes halogenated alkanes) is 1. The molecule has 134 valence electrons. The molecule has 0 bridgehead atoms. The van der Waals surface area contributed by atoms with Gasteiger partial charge in [0.1, 0.15) is 6.10 Å². The molecule has 0 heterocycles. The monoisotopic (exact) mass is 339 g/mol. The number of carbonyl (C=O) groups is 1. The van der Waals surface area contributed by atoms with Crippen LogP contribution in [-0.4, -0.2) is 45.3 Å². The Balaban J connectivity index is 2.23. The molecule has 0 fully saturated rings. The fourth-order valence-corrected chi connectivity index (χ4v) is 1.96. The number of nitrogens with zero attached hydrogens (tertiary/aromatic N) is 1. The van der Waals surface area contributed by atoms with Gasteiger partial charge in [0.25, 0.3) is 0 Å². The number of para-hydroxylation sites is 1. The summed E-state index contributed by atoms with van der Waals surface area (Å²) in [6.45, 7) is 3.03. The zero-order valence-electron chi connectivity index (χ0n) is 14.5. The van der Waals surface area contributed by atoms with E-state index in [-0.39, 0.29) is 23.6 Å². The summed E-state index contributed by atoms with van der Waals surface area (Å²) in [5, 5.41) is 6.27.